The van der Waals surface area contributed by atoms with Crippen LogP contribution in [0.3, 0.4) is 0 Å². The summed E-state index contributed by atoms with van der Waals surface area (Å²) < 4.78 is 0. The Hall–Kier alpha value is 2.05. The molecule has 0 atom stereocenters. The maximum Gasteiger partial charge on any atom is 3.00 e. The molecule has 0 spiro atoms. The van der Waals surface area contributed by atoms with Crippen LogP contribution in [0.1, 0.15) is 0 Å². The molecule has 0 aliphatic rings. The van der Waals surface area contributed by atoms with E-state index in [1.165, 1.54) is 0 Å². The summed E-state index contributed by atoms with van der Waals surface area (Å²) in [6.45, 7) is 0. The van der Waals surface area contributed by atoms with Gasteiger partial charge in [-0.15, -0.1) is 0 Å². The average Bonchev–Trinajstić information content (AvgIpc) is 0.811. The maximum absolute atomic E-state index is 8.42. The van der Waals surface area contributed by atoms with E-state index < -0.39 is 7.32 Å². The summed E-state index contributed by atoms with van der Waals surface area (Å²) in [5.74, 6) is 0. The SMILES string of the molecule is [Fe+2].[Mg+2].[O-]B([O-])[O-].[Sb+3]. The minimum Gasteiger partial charge on any atom is -0.907 e. The van der Waals surface area contributed by atoms with Crippen LogP contribution in [-0.2, 0) is 17.1 Å². The molecule has 0 aromatic rings. The van der Waals surface area contributed by atoms with Gasteiger partial charge in [0, 0.05) is 0 Å². The van der Waals surface area contributed by atoms with Crippen LogP contribution in [0, 0.1) is 0 Å². The van der Waals surface area contributed by atoms with Gasteiger partial charge in [0.25, 0.3) is 0 Å². The van der Waals surface area contributed by atoms with Crippen molar-refractivity contribution in [2.75, 3.05) is 0 Å². The van der Waals surface area contributed by atoms with E-state index in [4.69, 9.17) is 15.1 Å². The van der Waals surface area contributed by atoms with Gasteiger partial charge in [-0.2, -0.15) is 0 Å². The fourth-order valence-electron chi connectivity index (χ4n) is 0. The van der Waals surface area contributed by atoms with Crippen LogP contribution in [-0.4, -0.2) is 54.8 Å². The first kappa shape index (κ1) is 23.0. The first-order valence-electron chi connectivity index (χ1n) is 0.707. The largest absolute Gasteiger partial charge is 3.00 e. The summed E-state index contributed by atoms with van der Waals surface area (Å²) in [4.78, 5) is 0. The molecule has 3 nitrogen and oxygen atoms in total. The summed E-state index contributed by atoms with van der Waals surface area (Å²) in [5, 5.41) is 25.2. The fraction of sp³-hybridized carbons (Fsp3) is 0. The maximum atomic E-state index is 8.42. The van der Waals surface area contributed by atoms with Crippen molar-refractivity contribution in [2.45, 2.75) is 0 Å². The zero-order valence-corrected chi connectivity index (χ0v) is 8.38. The molecule has 7 heavy (non-hydrogen) atoms. The number of rotatable bonds is 0. The molecule has 0 amide bonds. The molecule has 2 radical (unpaired) electrons. The predicted octanol–water partition coefficient (Wildman–Crippen LogP) is -4.71. The van der Waals surface area contributed by atoms with Crippen molar-refractivity contribution in [3.8, 4) is 0 Å². The van der Waals surface area contributed by atoms with Gasteiger partial charge in [-0.3, -0.25) is 7.32 Å². The van der Waals surface area contributed by atoms with Gasteiger partial charge in [-0.05, 0) is 0 Å². The van der Waals surface area contributed by atoms with E-state index >= 15 is 0 Å². The van der Waals surface area contributed by atoms with E-state index in [2.05, 4.69) is 0 Å². The van der Waals surface area contributed by atoms with Gasteiger partial charge in [-0.25, -0.2) is 0 Å². The first-order chi connectivity index (χ1) is 1.73. The Morgan fingerprint density at radius 2 is 1.00 bits per heavy atom. The third-order valence-electron chi connectivity index (χ3n) is 0. The molecule has 0 aromatic carbocycles. The van der Waals surface area contributed by atoms with E-state index in [1.54, 1.807) is 0 Å². The summed E-state index contributed by atoms with van der Waals surface area (Å²) >= 11 is 0. The van der Waals surface area contributed by atoms with Crippen LogP contribution in [0.5, 0.6) is 0 Å². The van der Waals surface area contributed by atoms with Crippen LogP contribution in [0.15, 0.2) is 0 Å². The number of hydrogen-bond acceptors (Lipinski definition) is 3. The fourth-order valence-corrected chi connectivity index (χ4v) is 0. The van der Waals surface area contributed by atoms with Crippen molar-refractivity contribution < 1.29 is 32.1 Å². The third kappa shape index (κ3) is 70.2. The summed E-state index contributed by atoms with van der Waals surface area (Å²) in [5.41, 5.74) is 0. The van der Waals surface area contributed by atoms with Crippen LogP contribution in [0.4, 0.5) is 0 Å². The Morgan fingerprint density at radius 3 is 1.00 bits per heavy atom. The first-order valence-corrected chi connectivity index (χ1v) is 0.707. The Kier molecular flexibility index (Phi) is 51.5. The predicted molar refractivity (Wildman–Crippen MR) is 17.3 cm³/mol. The normalized spacial score (nSPS) is 3.86. The van der Waals surface area contributed by atoms with Gasteiger partial charge < -0.3 is 15.1 Å². The van der Waals surface area contributed by atoms with Gasteiger partial charge in [0.05, 0.1) is 0 Å². The molecule has 0 heterocycles. The minimum atomic E-state index is -2.92. The zero-order chi connectivity index (χ0) is 3.58. The molecule has 7 heteroatoms. The molecule has 0 saturated carbocycles. The Balaban J connectivity index is -0.0000000150. The van der Waals surface area contributed by atoms with Gasteiger partial charge in [-0.1, -0.05) is 0 Å². The van der Waals surface area contributed by atoms with E-state index in [0.29, 0.717) is 0 Å². The van der Waals surface area contributed by atoms with Crippen molar-refractivity contribution in [2.24, 2.45) is 0 Å². The van der Waals surface area contributed by atoms with Gasteiger partial charge in [0.2, 0.25) is 0 Å². The van der Waals surface area contributed by atoms with E-state index in [9.17, 15) is 0 Å². The molecule has 0 aliphatic carbocycles. The van der Waals surface area contributed by atoms with Gasteiger partial charge in [0.1, 0.15) is 0 Å². The van der Waals surface area contributed by atoms with Gasteiger partial charge >= 0.3 is 64.5 Å². The van der Waals surface area contributed by atoms with Crippen molar-refractivity contribution in [1.29, 1.82) is 0 Å². The second-order valence-corrected chi connectivity index (χ2v) is 0.289. The van der Waals surface area contributed by atoms with E-state index in [1.807, 2.05) is 0 Å². The van der Waals surface area contributed by atoms with E-state index in [0.717, 1.165) is 0 Å². The smallest absolute Gasteiger partial charge is 0.907 e. The average molecular weight is 261 g/mol. The molecular formula is BFeMgO3Sb+4. The molecule has 0 aliphatic heterocycles. The van der Waals surface area contributed by atoms with Crippen LogP contribution in [0.2, 0.25) is 0 Å². The Morgan fingerprint density at radius 1 is 1.00 bits per heavy atom. The zero-order valence-electron chi connectivity index (χ0n) is 3.31. The second kappa shape index (κ2) is 15.7. The minimum absolute atomic E-state index is 0. The Bertz CT molecular complexity index is 19.7. The molecule has 0 fully saturated rings. The van der Waals surface area contributed by atoms with Crippen molar-refractivity contribution >= 4 is 54.8 Å². The van der Waals surface area contributed by atoms with E-state index in [-0.39, 0.29) is 64.5 Å². The van der Waals surface area contributed by atoms with Gasteiger partial charge in [0.15, 0.2) is 0 Å². The monoisotopic (exact) mass is 260 g/mol. The van der Waals surface area contributed by atoms with Crippen molar-refractivity contribution in [3.05, 3.63) is 0 Å². The molecule has 0 bridgehead atoms. The number of hydrogen-bond donors (Lipinski definition) is 0. The third-order valence-corrected chi connectivity index (χ3v) is 0. The summed E-state index contributed by atoms with van der Waals surface area (Å²) in [6, 6.07) is 0. The molecule has 0 saturated heterocycles. The Labute approximate surface area is 86.1 Å². The molecule has 0 aromatic heterocycles. The van der Waals surface area contributed by atoms with Crippen LogP contribution < -0.4 is 15.1 Å². The van der Waals surface area contributed by atoms with Crippen molar-refractivity contribution in [1.82, 2.24) is 0 Å². The standard InChI is InChI=1S/BO3.Fe.Mg.Sb/c2-1(3)4;;;/q-3;2*+2;+3. The summed E-state index contributed by atoms with van der Waals surface area (Å²) in [6.07, 6.45) is 0. The molecular weight excluding hydrogens is 261 g/mol. The summed E-state index contributed by atoms with van der Waals surface area (Å²) in [7, 11) is -2.92. The second-order valence-electron chi connectivity index (χ2n) is 0.289. The quantitative estimate of drug-likeness (QED) is 0.411. The van der Waals surface area contributed by atoms with Crippen LogP contribution >= 0.6 is 0 Å². The molecule has 0 rings (SSSR count). The molecule has 32 valence electrons. The topological polar surface area (TPSA) is 69.2 Å². The molecule has 0 N–H and O–H groups in total. The van der Waals surface area contributed by atoms with Crippen LogP contribution in [0.25, 0.3) is 0 Å². The van der Waals surface area contributed by atoms with Crippen molar-refractivity contribution in [3.63, 3.8) is 0 Å². The molecule has 0 unspecified atom stereocenters.